The van der Waals surface area contributed by atoms with E-state index in [1.54, 1.807) is 12.1 Å². The lowest BCUT2D eigenvalue weighted by Crippen LogP contribution is -1.86. The second-order valence-electron chi connectivity index (χ2n) is 2.71. The molecular formula is C10H13O. The van der Waals surface area contributed by atoms with Crippen molar-refractivity contribution in [2.45, 2.75) is 19.8 Å². The second-order valence-corrected chi connectivity index (χ2v) is 2.71. The third-order valence-corrected chi connectivity index (χ3v) is 1.77. The summed E-state index contributed by atoms with van der Waals surface area (Å²) in [6, 6.07) is 5.46. The Morgan fingerprint density at radius 2 is 2.18 bits per heavy atom. The highest BCUT2D eigenvalue weighted by molar-refractivity contribution is 5.33. The molecule has 0 saturated heterocycles. The quantitative estimate of drug-likeness (QED) is 0.684. The number of phenolic OH excluding ortho intramolecular Hbond substituents is 1. The molecule has 1 heteroatoms. The van der Waals surface area contributed by atoms with Crippen molar-refractivity contribution in [2.75, 3.05) is 0 Å². The van der Waals surface area contributed by atoms with Gasteiger partial charge in [-0.25, -0.2) is 0 Å². The van der Waals surface area contributed by atoms with Crippen LogP contribution in [0.5, 0.6) is 5.75 Å². The Morgan fingerprint density at radius 1 is 1.45 bits per heavy atom. The van der Waals surface area contributed by atoms with Crippen LogP contribution in [0, 0.1) is 13.8 Å². The molecule has 1 aromatic carbocycles. The van der Waals surface area contributed by atoms with Crippen LogP contribution in [0.4, 0.5) is 0 Å². The smallest absolute Gasteiger partial charge is 0.115 e. The van der Waals surface area contributed by atoms with Crippen molar-refractivity contribution in [1.29, 1.82) is 0 Å². The lowest BCUT2D eigenvalue weighted by molar-refractivity contribution is 0.474. The summed E-state index contributed by atoms with van der Waals surface area (Å²) >= 11 is 0. The second kappa shape index (κ2) is 3.42. The number of aromatic hydroxyl groups is 1. The number of rotatable bonds is 2. The van der Waals surface area contributed by atoms with Crippen molar-refractivity contribution in [3.05, 3.63) is 36.2 Å². The van der Waals surface area contributed by atoms with Crippen LogP contribution in [0.3, 0.4) is 0 Å². The van der Waals surface area contributed by atoms with Gasteiger partial charge in [-0.15, -0.1) is 0 Å². The highest BCUT2D eigenvalue weighted by Gasteiger charge is 1.96. The number of benzene rings is 1. The molecule has 0 spiro atoms. The van der Waals surface area contributed by atoms with Gasteiger partial charge in [0.25, 0.3) is 0 Å². The minimum absolute atomic E-state index is 0.343. The molecule has 1 N–H and O–H groups in total. The molecule has 1 nitrogen and oxygen atoms in total. The van der Waals surface area contributed by atoms with Gasteiger partial charge in [0.2, 0.25) is 0 Å². The van der Waals surface area contributed by atoms with E-state index in [-0.39, 0.29) is 0 Å². The zero-order chi connectivity index (χ0) is 8.27. The molecular weight excluding hydrogens is 136 g/mol. The predicted molar refractivity (Wildman–Crippen MR) is 46.5 cm³/mol. The number of hydrogen-bond donors (Lipinski definition) is 1. The molecule has 0 unspecified atom stereocenters. The molecule has 0 aliphatic rings. The van der Waals surface area contributed by atoms with E-state index in [0.717, 1.165) is 18.4 Å². The van der Waals surface area contributed by atoms with Crippen molar-refractivity contribution in [1.82, 2.24) is 0 Å². The normalized spacial score (nSPS) is 10.0. The van der Waals surface area contributed by atoms with Crippen molar-refractivity contribution in [3.63, 3.8) is 0 Å². The first-order chi connectivity index (χ1) is 5.24. The van der Waals surface area contributed by atoms with E-state index < -0.39 is 0 Å². The van der Waals surface area contributed by atoms with E-state index >= 15 is 0 Å². The molecule has 0 fully saturated rings. The van der Waals surface area contributed by atoms with E-state index in [1.165, 1.54) is 5.56 Å². The molecule has 1 aromatic rings. The Labute approximate surface area is 67.7 Å². The summed E-state index contributed by atoms with van der Waals surface area (Å²) in [7, 11) is 0. The van der Waals surface area contributed by atoms with Crippen LogP contribution in [0.25, 0.3) is 0 Å². The van der Waals surface area contributed by atoms with Crippen molar-refractivity contribution < 1.29 is 5.11 Å². The first-order valence-electron chi connectivity index (χ1n) is 3.82. The van der Waals surface area contributed by atoms with Gasteiger partial charge in [-0.3, -0.25) is 0 Å². The maximum Gasteiger partial charge on any atom is 0.115 e. The summed E-state index contributed by atoms with van der Waals surface area (Å²) < 4.78 is 0. The zero-order valence-electron chi connectivity index (χ0n) is 6.80. The van der Waals surface area contributed by atoms with Crippen LogP contribution in [0.2, 0.25) is 0 Å². The predicted octanol–water partition coefficient (Wildman–Crippen LogP) is 2.47. The van der Waals surface area contributed by atoms with Crippen LogP contribution in [-0.4, -0.2) is 5.11 Å². The summed E-state index contributed by atoms with van der Waals surface area (Å²) in [5.41, 5.74) is 2.42. The third kappa shape index (κ3) is 1.97. The van der Waals surface area contributed by atoms with Gasteiger partial charge in [0.15, 0.2) is 0 Å². The van der Waals surface area contributed by atoms with Gasteiger partial charge in [-0.2, -0.15) is 0 Å². The maximum atomic E-state index is 9.09. The van der Waals surface area contributed by atoms with Gasteiger partial charge >= 0.3 is 0 Å². The highest BCUT2D eigenvalue weighted by Crippen LogP contribution is 2.16. The average Bonchev–Trinajstić information content (AvgIpc) is 1.95. The summed E-state index contributed by atoms with van der Waals surface area (Å²) in [5, 5.41) is 9.09. The van der Waals surface area contributed by atoms with Crippen LogP contribution in [-0.2, 0) is 6.42 Å². The number of aryl methyl sites for hydroxylation is 2. The maximum absolute atomic E-state index is 9.09. The Kier molecular flexibility index (Phi) is 2.53. The Morgan fingerprint density at radius 3 is 2.73 bits per heavy atom. The monoisotopic (exact) mass is 149 g/mol. The molecule has 0 saturated carbocycles. The Hall–Kier alpha value is -0.980. The van der Waals surface area contributed by atoms with Crippen molar-refractivity contribution in [2.24, 2.45) is 0 Å². The molecule has 0 aromatic heterocycles. The first-order valence-corrected chi connectivity index (χ1v) is 3.82. The first kappa shape index (κ1) is 8.12. The van der Waals surface area contributed by atoms with Crippen molar-refractivity contribution >= 4 is 0 Å². The summed E-state index contributed by atoms with van der Waals surface area (Å²) in [6.45, 7) is 5.79. The summed E-state index contributed by atoms with van der Waals surface area (Å²) in [5.74, 6) is 0.343. The summed E-state index contributed by atoms with van der Waals surface area (Å²) in [6.07, 6.45) is 1.90. The molecule has 11 heavy (non-hydrogen) atoms. The molecule has 0 heterocycles. The van der Waals surface area contributed by atoms with E-state index in [9.17, 15) is 0 Å². The van der Waals surface area contributed by atoms with E-state index in [1.807, 2.05) is 13.0 Å². The molecule has 0 amide bonds. The molecule has 1 rings (SSSR count). The standard InChI is InChI=1S/C10H13O/c1-3-4-9-5-6-10(11)7-8(9)2/h5-7,11H,1,3-4H2,2H3. The minimum atomic E-state index is 0.343. The van der Waals surface area contributed by atoms with Gasteiger partial charge < -0.3 is 5.11 Å². The van der Waals surface area contributed by atoms with Crippen LogP contribution in [0.1, 0.15) is 17.5 Å². The topological polar surface area (TPSA) is 20.2 Å². The SMILES string of the molecule is [CH2]CCc1ccc(O)cc1C. The van der Waals surface area contributed by atoms with Gasteiger partial charge in [0, 0.05) is 0 Å². The minimum Gasteiger partial charge on any atom is -0.508 e. The molecule has 0 aliphatic heterocycles. The highest BCUT2D eigenvalue weighted by atomic mass is 16.3. The fraction of sp³-hybridized carbons (Fsp3) is 0.300. The molecule has 0 atom stereocenters. The van der Waals surface area contributed by atoms with Gasteiger partial charge in [0.05, 0.1) is 0 Å². The fourth-order valence-electron chi connectivity index (χ4n) is 1.15. The summed E-state index contributed by atoms with van der Waals surface area (Å²) in [4.78, 5) is 0. The fourth-order valence-corrected chi connectivity index (χ4v) is 1.15. The Balaban J connectivity index is 2.90. The van der Waals surface area contributed by atoms with Gasteiger partial charge in [0.1, 0.15) is 5.75 Å². The number of phenols is 1. The Bertz CT molecular complexity index is 241. The van der Waals surface area contributed by atoms with Crippen LogP contribution >= 0.6 is 0 Å². The van der Waals surface area contributed by atoms with Crippen molar-refractivity contribution in [3.8, 4) is 5.75 Å². The van der Waals surface area contributed by atoms with Crippen LogP contribution in [0.15, 0.2) is 18.2 Å². The molecule has 0 bridgehead atoms. The van der Waals surface area contributed by atoms with E-state index in [4.69, 9.17) is 5.11 Å². The van der Waals surface area contributed by atoms with Gasteiger partial charge in [-0.1, -0.05) is 13.0 Å². The van der Waals surface area contributed by atoms with Crippen LogP contribution < -0.4 is 0 Å². The average molecular weight is 149 g/mol. The lowest BCUT2D eigenvalue weighted by atomic mass is 10.0. The zero-order valence-corrected chi connectivity index (χ0v) is 6.80. The van der Waals surface area contributed by atoms with E-state index in [0.29, 0.717) is 5.75 Å². The van der Waals surface area contributed by atoms with E-state index in [2.05, 4.69) is 6.92 Å². The molecule has 1 radical (unpaired) electrons. The largest absolute Gasteiger partial charge is 0.508 e. The lowest BCUT2D eigenvalue weighted by Gasteiger charge is -2.03. The third-order valence-electron chi connectivity index (χ3n) is 1.77. The number of hydrogen-bond acceptors (Lipinski definition) is 1. The van der Waals surface area contributed by atoms with Gasteiger partial charge in [-0.05, 0) is 43.0 Å². The molecule has 0 aliphatic carbocycles. The molecule has 59 valence electrons.